The number of benzene rings is 1. The van der Waals surface area contributed by atoms with Gasteiger partial charge < -0.3 is 4.74 Å². The Kier molecular flexibility index (Phi) is 5.20. The molecule has 19 heavy (non-hydrogen) atoms. The summed E-state index contributed by atoms with van der Waals surface area (Å²) in [6.45, 7) is 2.35. The number of esters is 1. The lowest BCUT2D eigenvalue weighted by Crippen LogP contribution is -2.19. The topological polar surface area (TPSA) is 26.3 Å². The first kappa shape index (κ1) is 13.9. The number of carbonyl (C=O) groups excluding carboxylic acids is 1. The van der Waals surface area contributed by atoms with E-state index in [0.29, 0.717) is 6.61 Å². The second kappa shape index (κ2) is 7.13. The second-order valence-electron chi connectivity index (χ2n) is 5.07. The van der Waals surface area contributed by atoms with Crippen LogP contribution in [0.1, 0.15) is 38.2 Å². The molecule has 1 aromatic rings. The molecule has 0 N–H and O–H groups in total. The normalized spacial score (nSPS) is 18.8. The van der Waals surface area contributed by atoms with Crippen molar-refractivity contribution in [1.29, 1.82) is 0 Å². The summed E-state index contributed by atoms with van der Waals surface area (Å²) < 4.78 is 5.08. The van der Waals surface area contributed by atoms with Gasteiger partial charge in [-0.3, -0.25) is 4.79 Å². The maximum absolute atomic E-state index is 11.6. The van der Waals surface area contributed by atoms with Crippen LogP contribution in [0.5, 0.6) is 0 Å². The van der Waals surface area contributed by atoms with Gasteiger partial charge in [-0.25, -0.2) is 0 Å². The standard InChI is InChI=1S/C17H22O2/c1-2-19-17(18)16-12-10-15(11-13-16)9-8-14-6-4-3-5-7-14/h3-7,10,16H,2,8-9,11-13H2,1H3. The number of aryl methyl sites for hydroxylation is 1. The zero-order valence-corrected chi connectivity index (χ0v) is 11.6. The maximum Gasteiger partial charge on any atom is 0.309 e. The average molecular weight is 258 g/mol. The second-order valence-corrected chi connectivity index (χ2v) is 5.07. The number of hydrogen-bond acceptors (Lipinski definition) is 2. The Hall–Kier alpha value is -1.57. The first-order chi connectivity index (χ1) is 9.29. The third-order valence-corrected chi connectivity index (χ3v) is 3.70. The molecule has 1 atom stereocenters. The van der Waals surface area contributed by atoms with E-state index in [1.54, 1.807) is 0 Å². The summed E-state index contributed by atoms with van der Waals surface area (Å²) in [6.07, 6.45) is 7.28. The molecule has 0 bridgehead atoms. The molecule has 0 spiro atoms. The summed E-state index contributed by atoms with van der Waals surface area (Å²) in [7, 11) is 0. The van der Waals surface area contributed by atoms with Crippen LogP contribution in [0, 0.1) is 5.92 Å². The van der Waals surface area contributed by atoms with Crippen molar-refractivity contribution in [3.8, 4) is 0 Å². The van der Waals surface area contributed by atoms with Crippen LogP contribution >= 0.6 is 0 Å². The Balaban J connectivity index is 1.79. The van der Waals surface area contributed by atoms with Crippen LogP contribution in [0.2, 0.25) is 0 Å². The van der Waals surface area contributed by atoms with Crippen molar-refractivity contribution in [3.05, 3.63) is 47.5 Å². The number of ether oxygens (including phenoxy) is 1. The number of rotatable bonds is 5. The van der Waals surface area contributed by atoms with E-state index >= 15 is 0 Å². The van der Waals surface area contributed by atoms with Gasteiger partial charge in [0.1, 0.15) is 0 Å². The first-order valence-electron chi connectivity index (χ1n) is 7.18. The van der Waals surface area contributed by atoms with Crippen molar-refractivity contribution in [2.24, 2.45) is 5.92 Å². The predicted molar refractivity (Wildman–Crippen MR) is 76.8 cm³/mol. The highest BCUT2D eigenvalue weighted by molar-refractivity contribution is 5.72. The molecular weight excluding hydrogens is 236 g/mol. The third-order valence-electron chi connectivity index (χ3n) is 3.70. The minimum atomic E-state index is -0.0270. The Labute approximate surface area is 115 Å². The van der Waals surface area contributed by atoms with Crippen LogP contribution < -0.4 is 0 Å². The largest absolute Gasteiger partial charge is 0.466 e. The number of hydrogen-bond donors (Lipinski definition) is 0. The van der Waals surface area contributed by atoms with Crippen molar-refractivity contribution in [2.45, 2.75) is 39.0 Å². The summed E-state index contributed by atoms with van der Waals surface area (Å²) in [4.78, 5) is 11.6. The molecule has 0 fully saturated rings. The third kappa shape index (κ3) is 4.23. The Bertz CT molecular complexity index is 434. The number of allylic oxidation sites excluding steroid dienone is 2. The Morgan fingerprint density at radius 1 is 1.26 bits per heavy atom. The SMILES string of the molecule is CCOC(=O)C1CC=C(CCc2ccccc2)CC1. The minimum absolute atomic E-state index is 0.0270. The summed E-state index contributed by atoms with van der Waals surface area (Å²) in [5.74, 6) is 0.0567. The van der Waals surface area contributed by atoms with Crippen molar-refractivity contribution in [3.63, 3.8) is 0 Å². The van der Waals surface area contributed by atoms with Crippen molar-refractivity contribution < 1.29 is 9.53 Å². The van der Waals surface area contributed by atoms with E-state index in [1.807, 2.05) is 13.0 Å². The van der Waals surface area contributed by atoms with E-state index in [4.69, 9.17) is 4.74 Å². The van der Waals surface area contributed by atoms with Gasteiger partial charge in [-0.2, -0.15) is 0 Å². The fraction of sp³-hybridized carbons (Fsp3) is 0.471. The fourth-order valence-corrected chi connectivity index (χ4v) is 2.54. The zero-order chi connectivity index (χ0) is 13.5. The van der Waals surface area contributed by atoms with E-state index in [-0.39, 0.29) is 11.9 Å². The molecule has 0 radical (unpaired) electrons. The summed E-state index contributed by atoms with van der Waals surface area (Å²) >= 11 is 0. The van der Waals surface area contributed by atoms with Crippen LogP contribution in [-0.4, -0.2) is 12.6 Å². The van der Waals surface area contributed by atoms with E-state index < -0.39 is 0 Å². The summed E-state index contributed by atoms with van der Waals surface area (Å²) in [5.41, 5.74) is 2.88. The van der Waals surface area contributed by atoms with Gasteiger partial charge >= 0.3 is 5.97 Å². The molecule has 1 aliphatic rings. The molecular formula is C17H22O2. The lowest BCUT2D eigenvalue weighted by Gasteiger charge is -2.20. The Morgan fingerprint density at radius 3 is 2.68 bits per heavy atom. The zero-order valence-electron chi connectivity index (χ0n) is 11.6. The smallest absolute Gasteiger partial charge is 0.309 e. The molecule has 0 amide bonds. The van der Waals surface area contributed by atoms with Crippen molar-refractivity contribution in [1.82, 2.24) is 0 Å². The predicted octanol–water partition coefficient (Wildman–Crippen LogP) is 3.91. The molecule has 0 saturated carbocycles. The van der Waals surface area contributed by atoms with Crippen LogP contribution in [0.3, 0.4) is 0 Å². The van der Waals surface area contributed by atoms with Crippen molar-refractivity contribution >= 4 is 5.97 Å². The molecule has 2 rings (SSSR count). The quantitative estimate of drug-likeness (QED) is 0.591. The van der Waals surface area contributed by atoms with Gasteiger partial charge in [0, 0.05) is 0 Å². The van der Waals surface area contributed by atoms with Crippen LogP contribution in [-0.2, 0) is 16.0 Å². The molecule has 2 nitrogen and oxygen atoms in total. The first-order valence-corrected chi connectivity index (χ1v) is 7.18. The van der Waals surface area contributed by atoms with Crippen LogP contribution in [0.4, 0.5) is 0 Å². The maximum atomic E-state index is 11.6. The summed E-state index contributed by atoms with van der Waals surface area (Å²) in [5, 5.41) is 0. The van der Waals surface area contributed by atoms with E-state index in [9.17, 15) is 4.79 Å². The fourth-order valence-electron chi connectivity index (χ4n) is 2.54. The molecule has 102 valence electrons. The van der Waals surface area contributed by atoms with Gasteiger partial charge in [-0.15, -0.1) is 0 Å². The van der Waals surface area contributed by atoms with Gasteiger partial charge in [-0.05, 0) is 44.6 Å². The Morgan fingerprint density at radius 2 is 2.05 bits per heavy atom. The van der Waals surface area contributed by atoms with Crippen LogP contribution in [0.15, 0.2) is 42.0 Å². The monoisotopic (exact) mass is 258 g/mol. The molecule has 1 aromatic carbocycles. The molecule has 1 aliphatic carbocycles. The lowest BCUT2D eigenvalue weighted by molar-refractivity contribution is -0.148. The van der Waals surface area contributed by atoms with Gasteiger partial charge in [-0.1, -0.05) is 42.0 Å². The minimum Gasteiger partial charge on any atom is -0.466 e. The van der Waals surface area contributed by atoms with Crippen LogP contribution in [0.25, 0.3) is 0 Å². The lowest BCUT2D eigenvalue weighted by atomic mass is 9.87. The molecule has 0 aromatic heterocycles. The van der Waals surface area contributed by atoms with E-state index in [1.165, 1.54) is 11.1 Å². The van der Waals surface area contributed by atoms with E-state index in [2.05, 4.69) is 30.3 Å². The highest BCUT2D eigenvalue weighted by Gasteiger charge is 2.22. The molecule has 0 heterocycles. The van der Waals surface area contributed by atoms with Gasteiger partial charge in [0.15, 0.2) is 0 Å². The van der Waals surface area contributed by atoms with Gasteiger partial charge in [0.05, 0.1) is 12.5 Å². The molecule has 1 unspecified atom stereocenters. The highest BCUT2D eigenvalue weighted by atomic mass is 16.5. The average Bonchev–Trinajstić information content (AvgIpc) is 2.47. The number of carbonyl (C=O) groups is 1. The molecule has 0 aliphatic heterocycles. The van der Waals surface area contributed by atoms with E-state index in [0.717, 1.165) is 32.1 Å². The summed E-state index contributed by atoms with van der Waals surface area (Å²) in [6, 6.07) is 10.6. The molecule has 0 saturated heterocycles. The van der Waals surface area contributed by atoms with Gasteiger partial charge in [0.2, 0.25) is 0 Å². The highest BCUT2D eigenvalue weighted by Crippen LogP contribution is 2.27. The molecule has 2 heteroatoms. The van der Waals surface area contributed by atoms with Gasteiger partial charge in [0.25, 0.3) is 0 Å². The van der Waals surface area contributed by atoms with Crippen molar-refractivity contribution in [2.75, 3.05) is 6.61 Å².